The third kappa shape index (κ3) is 3.89. The first-order chi connectivity index (χ1) is 8.63. The summed E-state index contributed by atoms with van der Waals surface area (Å²) in [6.07, 6.45) is 0. The van der Waals surface area contributed by atoms with E-state index in [0.29, 0.717) is 13.1 Å². The molecule has 94 valence electrons. The van der Waals surface area contributed by atoms with Gasteiger partial charge in [-0.05, 0) is 42.8 Å². The summed E-state index contributed by atoms with van der Waals surface area (Å²) in [4.78, 5) is 4.39. The lowest BCUT2D eigenvalue weighted by molar-refractivity contribution is 0.618. The number of aryl methyl sites for hydroxylation is 1. The van der Waals surface area contributed by atoms with Crippen LogP contribution in [0.25, 0.3) is 0 Å². The zero-order chi connectivity index (χ0) is 13.0. The highest BCUT2D eigenvalue weighted by atomic mass is 79.9. The molecule has 0 spiro atoms. The van der Waals surface area contributed by atoms with E-state index in [1.54, 1.807) is 0 Å². The smallest absolute Gasteiger partial charge is 0.124 e. The Labute approximate surface area is 114 Å². The van der Waals surface area contributed by atoms with Gasteiger partial charge in [-0.15, -0.1) is 0 Å². The van der Waals surface area contributed by atoms with Crippen molar-refractivity contribution < 1.29 is 4.39 Å². The number of hydrogen-bond acceptors (Lipinski definition) is 2. The van der Waals surface area contributed by atoms with E-state index in [4.69, 9.17) is 0 Å². The molecule has 0 atom stereocenters. The molecule has 0 aliphatic rings. The van der Waals surface area contributed by atoms with Crippen molar-refractivity contribution in [3.05, 3.63) is 63.6 Å². The van der Waals surface area contributed by atoms with Crippen LogP contribution in [0.5, 0.6) is 0 Å². The highest BCUT2D eigenvalue weighted by Crippen LogP contribution is 2.14. The van der Waals surface area contributed by atoms with Crippen LogP contribution in [0.3, 0.4) is 0 Å². The van der Waals surface area contributed by atoms with Crippen LogP contribution < -0.4 is 5.32 Å². The van der Waals surface area contributed by atoms with Crippen molar-refractivity contribution in [3.63, 3.8) is 0 Å². The number of benzene rings is 1. The van der Waals surface area contributed by atoms with Gasteiger partial charge in [0.05, 0.1) is 5.69 Å². The third-order valence-electron chi connectivity index (χ3n) is 2.50. The maximum absolute atomic E-state index is 13.2. The SMILES string of the molecule is Cc1cccc(CNCc2cc(F)cc(Br)c2)n1. The van der Waals surface area contributed by atoms with E-state index in [1.165, 1.54) is 12.1 Å². The first kappa shape index (κ1) is 13.2. The molecular weight excluding hydrogens is 295 g/mol. The average Bonchev–Trinajstić information content (AvgIpc) is 2.27. The second-order valence-corrected chi connectivity index (χ2v) is 5.07. The summed E-state index contributed by atoms with van der Waals surface area (Å²) in [6, 6.07) is 10.8. The van der Waals surface area contributed by atoms with Crippen LogP contribution in [0.4, 0.5) is 4.39 Å². The lowest BCUT2D eigenvalue weighted by atomic mass is 10.2. The van der Waals surface area contributed by atoms with Gasteiger partial charge in [0.1, 0.15) is 5.82 Å². The molecule has 0 radical (unpaired) electrons. The van der Waals surface area contributed by atoms with Gasteiger partial charge in [-0.3, -0.25) is 4.98 Å². The molecule has 1 heterocycles. The number of aromatic nitrogens is 1. The van der Waals surface area contributed by atoms with Crippen molar-refractivity contribution >= 4 is 15.9 Å². The Kier molecular flexibility index (Phi) is 4.44. The van der Waals surface area contributed by atoms with Crippen LogP contribution in [0, 0.1) is 12.7 Å². The number of hydrogen-bond donors (Lipinski definition) is 1. The maximum atomic E-state index is 13.2. The molecule has 0 bridgehead atoms. The van der Waals surface area contributed by atoms with Gasteiger partial charge in [-0.2, -0.15) is 0 Å². The molecule has 0 saturated heterocycles. The zero-order valence-electron chi connectivity index (χ0n) is 10.1. The van der Waals surface area contributed by atoms with E-state index >= 15 is 0 Å². The molecule has 0 aliphatic heterocycles. The number of pyridine rings is 1. The van der Waals surface area contributed by atoms with Gasteiger partial charge in [0.25, 0.3) is 0 Å². The zero-order valence-corrected chi connectivity index (χ0v) is 11.7. The molecule has 2 nitrogen and oxygen atoms in total. The minimum Gasteiger partial charge on any atom is -0.307 e. The van der Waals surface area contributed by atoms with Crippen LogP contribution in [0.1, 0.15) is 17.0 Å². The van der Waals surface area contributed by atoms with Crippen molar-refractivity contribution in [1.82, 2.24) is 10.3 Å². The Bertz CT molecular complexity index is 523. The molecule has 0 amide bonds. The highest BCUT2D eigenvalue weighted by molar-refractivity contribution is 9.10. The largest absolute Gasteiger partial charge is 0.307 e. The minimum absolute atomic E-state index is 0.227. The van der Waals surface area contributed by atoms with Crippen LogP contribution >= 0.6 is 15.9 Å². The summed E-state index contributed by atoms with van der Waals surface area (Å²) in [6.45, 7) is 3.26. The molecule has 0 fully saturated rings. The standard InChI is InChI=1S/C14H14BrFN2/c1-10-3-2-4-14(18-10)9-17-8-11-5-12(15)7-13(16)6-11/h2-7,17H,8-9H2,1H3. The molecule has 1 aromatic carbocycles. The molecule has 2 rings (SSSR count). The monoisotopic (exact) mass is 308 g/mol. The summed E-state index contributed by atoms with van der Waals surface area (Å²) in [5, 5.41) is 3.25. The first-order valence-corrected chi connectivity index (χ1v) is 6.51. The second-order valence-electron chi connectivity index (χ2n) is 4.15. The molecule has 1 N–H and O–H groups in total. The summed E-state index contributed by atoms with van der Waals surface area (Å²) < 4.78 is 13.9. The fourth-order valence-electron chi connectivity index (χ4n) is 1.75. The number of nitrogens with zero attached hydrogens (tertiary/aromatic N) is 1. The van der Waals surface area contributed by atoms with Crippen LogP contribution in [-0.2, 0) is 13.1 Å². The van der Waals surface area contributed by atoms with Gasteiger partial charge < -0.3 is 5.32 Å². The summed E-state index contributed by atoms with van der Waals surface area (Å²) in [5.41, 5.74) is 2.91. The van der Waals surface area contributed by atoms with Crippen molar-refractivity contribution in [3.8, 4) is 0 Å². The Morgan fingerprint density at radius 1 is 1.22 bits per heavy atom. The van der Waals surface area contributed by atoms with E-state index in [1.807, 2.05) is 31.2 Å². The quantitative estimate of drug-likeness (QED) is 0.934. The third-order valence-corrected chi connectivity index (χ3v) is 2.96. The molecular formula is C14H14BrFN2. The van der Waals surface area contributed by atoms with E-state index in [2.05, 4.69) is 26.2 Å². The maximum Gasteiger partial charge on any atom is 0.124 e. The van der Waals surface area contributed by atoms with Gasteiger partial charge in [-0.25, -0.2) is 4.39 Å². The molecule has 0 saturated carbocycles. The predicted octanol–water partition coefficient (Wildman–Crippen LogP) is 3.58. The van der Waals surface area contributed by atoms with Crippen molar-refractivity contribution in [1.29, 1.82) is 0 Å². The van der Waals surface area contributed by atoms with E-state index in [-0.39, 0.29) is 5.82 Å². The Morgan fingerprint density at radius 2 is 2.06 bits per heavy atom. The van der Waals surface area contributed by atoms with Gasteiger partial charge in [0, 0.05) is 23.3 Å². The second kappa shape index (κ2) is 6.07. The van der Waals surface area contributed by atoms with Gasteiger partial charge in [0.15, 0.2) is 0 Å². The van der Waals surface area contributed by atoms with E-state index in [9.17, 15) is 4.39 Å². The number of rotatable bonds is 4. The highest BCUT2D eigenvalue weighted by Gasteiger charge is 2.00. The predicted molar refractivity (Wildman–Crippen MR) is 73.6 cm³/mol. The van der Waals surface area contributed by atoms with E-state index < -0.39 is 0 Å². The minimum atomic E-state index is -0.227. The molecule has 4 heteroatoms. The van der Waals surface area contributed by atoms with Crippen molar-refractivity contribution in [2.24, 2.45) is 0 Å². The fraction of sp³-hybridized carbons (Fsp3) is 0.214. The molecule has 1 aromatic heterocycles. The normalized spacial score (nSPS) is 10.6. The van der Waals surface area contributed by atoms with E-state index in [0.717, 1.165) is 21.4 Å². The van der Waals surface area contributed by atoms with Crippen LogP contribution in [0.15, 0.2) is 40.9 Å². The average molecular weight is 309 g/mol. The van der Waals surface area contributed by atoms with Crippen molar-refractivity contribution in [2.45, 2.75) is 20.0 Å². The van der Waals surface area contributed by atoms with Gasteiger partial charge in [-0.1, -0.05) is 22.0 Å². The molecule has 0 unspecified atom stereocenters. The molecule has 2 aromatic rings. The fourth-order valence-corrected chi connectivity index (χ4v) is 2.26. The topological polar surface area (TPSA) is 24.9 Å². The first-order valence-electron chi connectivity index (χ1n) is 5.72. The number of nitrogens with one attached hydrogen (secondary N) is 1. The number of halogens is 2. The lowest BCUT2D eigenvalue weighted by Crippen LogP contribution is -2.14. The van der Waals surface area contributed by atoms with Gasteiger partial charge in [0.2, 0.25) is 0 Å². The lowest BCUT2D eigenvalue weighted by Gasteiger charge is -2.06. The van der Waals surface area contributed by atoms with Crippen LogP contribution in [0.2, 0.25) is 0 Å². The molecule has 0 aliphatic carbocycles. The Balaban J connectivity index is 1.92. The van der Waals surface area contributed by atoms with Gasteiger partial charge >= 0.3 is 0 Å². The Morgan fingerprint density at radius 3 is 2.78 bits per heavy atom. The summed E-state index contributed by atoms with van der Waals surface area (Å²) >= 11 is 3.28. The summed E-state index contributed by atoms with van der Waals surface area (Å²) in [7, 11) is 0. The van der Waals surface area contributed by atoms with Crippen LogP contribution in [-0.4, -0.2) is 4.98 Å². The van der Waals surface area contributed by atoms with Crippen molar-refractivity contribution in [2.75, 3.05) is 0 Å². The molecule has 18 heavy (non-hydrogen) atoms. The Hall–Kier alpha value is -1.26. The summed E-state index contributed by atoms with van der Waals surface area (Å²) in [5.74, 6) is -0.227.